The third-order valence-electron chi connectivity index (χ3n) is 4.54. The Hall–Kier alpha value is -2.78. The fourth-order valence-electron chi connectivity index (χ4n) is 2.98. The number of fused-ring (bicyclic) bond motifs is 2. The van der Waals surface area contributed by atoms with E-state index in [1.807, 2.05) is 36.4 Å². The van der Waals surface area contributed by atoms with Crippen molar-refractivity contribution in [3.05, 3.63) is 57.0 Å². The number of rotatable bonds is 4. The van der Waals surface area contributed by atoms with Crippen molar-refractivity contribution in [3.8, 4) is 23.0 Å². The van der Waals surface area contributed by atoms with Crippen LogP contribution in [0.1, 0.15) is 5.56 Å². The van der Waals surface area contributed by atoms with Gasteiger partial charge in [-0.2, -0.15) is 5.10 Å². The van der Waals surface area contributed by atoms with Crippen LogP contribution in [0.5, 0.6) is 23.0 Å². The molecule has 0 radical (unpaired) electrons. The van der Waals surface area contributed by atoms with E-state index in [-0.39, 0.29) is 18.1 Å². The van der Waals surface area contributed by atoms with Crippen LogP contribution in [-0.2, 0) is 4.79 Å². The molecule has 0 spiro atoms. The van der Waals surface area contributed by atoms with Crippen LogP contribution in [0.25, 0.3) is 10.8 Å². The van der Waals surface area contributed by atoms with Gasteiger partial charge in [-0.3, -0.25) is 4.79 Å². The fraction of sp³-hybridized carbons (Fsp3) is 0.143. The van der Waals surface area contributed by atoms with Crippen LogP contribution in [0.2, 0.25) is 0 Å². The number of hydrogen-bond acceptors (Lipinski definition) is 6. The summed E-state index contributed by atoms with van der Waals surface area (Å²) in [6, 6.07) is 13.2. The summed E-state index contributed by atoms with van der Waals surface area (Å²) in [4.78, 5) is 12.5. The van der Waals surface area contributed by atoms with Crippen molar-refractivity contribution in [1.29, 1.82) is 0 Å². The number of carbonyl (C=O) groups excluding carboxylic acids is 1. The molecule has 3 aromatic rings. The van der Waals surface area contributed by atoms with Crippen LogP contribution in [0.15, 0.2) is 56.5 Å². The van der Waals surface area contributed by atoms with Gasteiger partial charge in [-0.1, -0.05) is 24.3 Å². The number of phenols is 1. The van der Waals surface area contributed by atoms with Crippen molar-refractivity contribution < 1.29 is 24.1 Å². The van der Waals surface area contributed by atoms with Gasteiger partial charge in [-0.15, -0.1) is 0 Å². The summed E-state index contributed by atoms with van der Waals surface area (Å²) >= 11 is 6.64. The molecule has 1 amide bonds. The van der Waals surface area contributed by atoms with E-state index in [1.165, 1.54) is 13.3 Å². The summed E-state index contributed by atoms with van der Waals surface area (Å²) in [5, 5.41) is 16.0. The van der Waals surface area contributed by atoms with Gasteiger partial charge in [0.15, 0.2) is 23.0 Å². The number of carbonyl (C=O) groups is 1. The zero-order valence-electron chi connectivity index (χ0n) is 15.7. The van der Waals surface area contributed by atoms with E-state index >= 15 is 0 Å². The number of methoxy groups -OCH3 is 1. The predicted molar refractivity (Wildman–Crippen MR) is 120 cm³/mol. The predicted octanol–water partition coefficient (Wildman–Crippen LogP) is 4.37. The smallest absolute Gasteiger partial charge is 0.284 e. The van der Waals surface area contributed by atoms with Crippen LogP contribution >= 0.6 is 31.9 Å². The van der Waals surface area contributed by atoms with E-state index in [0.717, 1.165) is 10.8 Å². The zero-order chi connectivity index (χ0) is 21.3. The highest BCUT2D eigenvalue weighted by Crippen LogP contribution is 2.41. The largest absolute Gasteiger partial charge is 0.503 e. The number of phenolic OH excluding ortho intramolecular Hbond substituents is 1. The Balaban J connectivity index is 1.47. The lowest BCUT2D eigenvalue weighted by Crippen LogP contribution is -2.42. The second-order valence-corrected chi connectivity index (χ2v) is 8.03. The Morgan fingerprint density at radius 2 is 1.90 bits per heavy atom. The molecule has 30 heavy (non-hydrogen) atoms. The van der Waals surface area contributed by atoms with Crippen molar-refractivity contribution in [3.63, 3.8) is 0 Å². The number of ether oxygens (including phenoxy) is 3. The number of halogens is 2. The van der Waals surface area contributed by atoms with Gasteiger partial charge in [0, 0.05) is 10.0 Å². The Bertz CT molecular complexity index is 1170. The lowest BCUT2D eigenvalue weighted by Gasteiger charge is -2.25. The van der Waals surface area contributed by atoms with Crippen LogP contribution < -0.4 is 19.6 Å². The second kappa shape index (κ2) is 8.53. The highest BCUT2D eigenvalue weighted by Gasteiger charge is 2.27. The van der Waals surface area contributed by atoms with E-state index in [9.17, 15) is 9.90 Å². The zero-order valence-corrected chi connectivity index (χ0v) is 18.9. The summed E-state index contributed by atoms with van der Waals surface area (Å²) in [6.45, 7) is 0.0783. The third kappa shape index (κ3) is 3.95. The first-order valence-corrected chi connectivity index (χ1v) is 10.5. The molecule has 2 N–H and O–H groups in total. The summed E-state index contributed by atoms with van der Waals surface area (Å²) in [5.41, 5.74) is 3.05. The molecule has 0 aliphatic carbocycles. The normalized spacial score (nSPS) is 15.4. The molecule has 0 saturated heterocycles. The maximum Gasteiger partial charge on any atom is 0.284 e. The number of nitrogens with one attached hydrogen (secondary N) is 1. The number of hydrogen-bond donors (Lipinski definition) is 2. The Kier molecular flexibility index (Phi) is 5.83. The standard InChI is InChI=1S/C21H16Br2N2O5/c1-28-16-8-13(18(22)19(23)20(16)26)9-24-25-21(27)17-10-29-14-6-11-4-2-3-5-12(11)7-15(14)30-17/h2-9,17,26H,10H2,1H3,(H,25,27)/b24-9+. The average molecular weight is 536 g/mol. The van der Waals surface area contributed by atoms with Gasteiger partial charge in [0.2, 0.25) is 6.10 Å². The molecule has 1 heterocycles. The molecule has 9 heteroatoms. The van der Waals surface area contributed by atoms with E-state index in [2.05, 4.69) is 42.4 Å². The van der Waals surface area contributed by atoms with Gasteiger partial charge >= 0.3 is 0 Å². The molecule has 1 atom stereocenters. The van der Waals surface area contributed by atoms with Gasteiger partial charge in [0.25, 0.3) is 5.91 Å². The van der Waals surface area contributed by atoms with Crippen molar-refractivity contribution in [2.24, 2.45) is 5.10 Å². The molecular weight excluding hydrogens is 520 g/mol. The lowest BCUT2D eigenvalue weighted by atomic mass is 10.1. The minimum absolute atomic E-state index is 0.0375. The number of aromatic hydroxyl groups is 1. The van der Waals surface area contributed by atoms with Crippen molar-refractivity contribution in [2.75, 3.05) is 13.7 Å². The van der Waals surface area contributed by atoms with Gasteiger partial charge < -0.3 is 19.3 Å². The van der Waals surface area contributed by atoms with E-state index in [1.54, 1.807) is 6.07 Å². The summed E-state index contributed by atoms with van der Waals surface area (Å²) in [6.07, 6.45) is 0.597. The topological polar surface area (TPSA) is 89.4 Å². The maximum absolute atomic E-state index is 12.5. The number of hydrazone groups is 1. The molecule has 1 unspecified atom stereocenters. The van der Waals surface area contributed by atoms with Crippen molar-refractivity contribution in [1.82, 2.24) is 5.43 Å². The summed E-state index contributed by atoms with van der Waals surface area (Å²) in [5.74, 6) is 0.909. The van der Waals surface area contributed by atoms with Gasteiger partial charge in [-0.05, 0) is 60.8 Å². The van der Waals surface area contributed by atoms with E-state index in [4.69, 9.17) is 14.2 Å². The molecule has 1 aliphatic heterocycles. The molecule has 0 aromatic heterocycles. The highest BCUT2D eigenvalue weighted by molar-refractivity contribution is 9.13. The van der Waals surface area contributed by atoms with Gasteiger partial charge in [0.05, 0.1) is 17.8 Å². The fourth-order valence-corrected chi connectivity index (χ4v) is 3.81. The first-order valence-electron chi connectivity index (χ1n) is 8.88. The average Bonchev–Trinajstić information content (AvgIpc) is 2.77. The monoisotopic (exact) mass is 534 g/mol. The highest BCUT2D eigenvalue weighted by atomic mass is 79.9. The molecule has 154 valence electrons. The molecule has 1 aliphatic rings. The molecule has 4 rings (SSSR count). The Morgan fingerprint density at radius 1 is 1.20 bits per heavy atom. The van der Waals surface area contributed by atoms with Crippen LogP contribution in [-0.4, -0.2) is 37.0 Å². The summed E-state index contributed by atoms with van der Waals surface area (Å²) in [7, 11) is 1.44. The molecule has 3 aromatic carbocycles. The van der Waals surface area contributed by atoms with Gasteiger partial charge in [-0.25, -0.2) is 5.43 Å². The van der Waals surface area contributed by atoms with Crippen LogP contribution in [0, 0.1) is 0 Å². The third-order valence-corrected chi connectivity index (χ3v) is 6.69. The quantitative estimate of drug-likeness (QED) is 0.382. The number of benzene rings is 3. The van der Waals surface area contributed by atoms with E-state index < -0.39 is 12.0 Å². The van der Waals surface area contributed by atoms with Crippen molar-refractivity contribution >= 4 is 54.8 Å². The molecular formula is C21H16Br2N2O5. The maximum atomic E-state index is 12.5. The van der Waals surface area contributed by atoms with Crippen molar-refractivity contribution in [2.45, 2.75) is 6.10 Å². The van der Waals surface area contributed by atoms with Gasteiger partial charge in [0.1, 0.15) is 6.61 Å². The minimum atomic E-state index is -0.833. The number of amides is 1. The van der Waals surface area contributed by atoms with Crippen LogP contribution in [0.3, 0.4) is 0 Å². The van der Waals surface area contributed by atoms with Crippen LogP contribution in [0.4, 0.5) is 0 Å². The SMILES string of the molecule is COc1cc(/C=N/NC(=O)C2COc3cc4ccccc4cc3O2)c(Br)c(Br)c1O. The van der Waals surface area contributed by atoms with E-state index in [0.29, 0.717) is 26.0 Å². The molecule has 0 saturated carbocycles. The molecule has 0 bridgehead atoms. The molecule has 0 fully saturated rings. The first kappa shape index (κ1) is 20.5. The number of nitrogens with zero attached hydrogens (tertiary/aromatic N) is 1. The Labute approximate surface area is 188 Å². The molecule has 7 nitrogen and oxygen atoms in total. The first-order chi connectivity index (χ1) is 14.5. The second-order valence-electron chi connectivity index (χ2n) is 6.44. The summed E-state index contributed by atoms with van der Waals surface area (Å²) < 4.78 is 17.6. The lowest BCUT2D eigenvalue weighted by molar-refractivity contribution is -0.130. The minimum Gasteiger partial charge on any atom is -0.503 e. The Morgan fingerprint density at radius 3 is 2.60 bits per heavy atom.